The Morgan fingerprint density at radius 3 is 2.58 bits per heavy atom. The number of amides is 1. The molecule has 1 aliphatic heterocycles. The highest BCUT2D eigenvalue weighted by Gasteiger charge is 2.41. The second kappa shape index (κ2) is 7.66. The van der Waals surface area contributed by atoms with E-state index in [0.29, 0.717) is 6.54 Å². The van der Waals surface area contributed by atoms with Crippen molar-refractivity contribution in [3.8, 4) is 0 Å². The third-order valence-electron chi connectivity index (χ3n) is 5.61. The fraction of sp³-hybridized carbons (Fsp3) is 0.650. The summed E-state index contributed by atoms with van der Waals surface area (Å²) in [6.45, 7) is 7.73. The van der Waals surface area contributed by atoms with Crippen LogP contribution in [0, 0.1) is 0 Å². The zero-order valence-corrected chi connectivity index (χ0v) is 15.1. The van der Waals surface area contributed by atoms with Crippen molar-refractivity contribution in [3.63, 3.8) is 0 Å². The maximum absolute atomic E-state index is 13.1. The molecule has 0 atom stereocenters. The first-order valence-corrected chi connectivity index (χ1v) is 9.45. The molecule has 1 aromatic carbocycles. The summed E-state index contributed by atoms with van der Waals surface area (Å²) in [6.07, 6.45) is 6.37. The molecule has 0 unspecified atom stereocenters. The lowest BCUT2D eigenvalue weighted by Crippen LogP contribution is -2.64. The smallest absolute Gasteiger partial charge is 0.241 e. The summed E-state index contributed by atoms with van der Waals surface area (Å²) < 4.78 is 0. The van der Waals surface area contributed by atoms with Crippen LogP contribution in [0.5, 0.6) is 0 Å². The normalized spacial score (nSPS) is 21.1. The second-order valence-electron chi connectivity index (χ2n) is 7.58. The predicted octanol–water partition coefficient (Wildman–Crippen LogP) is 3.04. The van der Waals surface area contributed by atoms with Crippen LogP contribution in [0.2, 0.25) is 0 Å². The molecule has 1 aliphatic carbocycles. The predicted molar refractivity (Wildman–Crippen MR) is 99.3 cm³/mol. The van der Waals surface area contributed by atoms with Crippen LogP contribution >= 0.6 is 0 Å². The zero-order chi connectivity index (χ0) is 17.0. The van der Waals surface area contributed by atoms with E-state index in [9.17, 15) is 4.79 Å². The quantitative estimate of drug-likeness (QED) is 0.922. The highest BCUT2D eigenvalue weighted by Crippen LogP contribution is 2.34. The number of anilines is 1. The third-order valence-corrected chi connectivity index (χ3v) is 5.61. The lowest BCUT2D eigenvalue weighted by molar-refractivity contribution is -0.122. The van der Waals surface area contributed by atoms with Gasteiger partial charge in [-0.1, -0.05) is 37.5 Å². The number of hydrogen-bond acceptors (Lipinski definition) is 3. The van der Waals surface area contributed by atoms with Crippen molar-refractivity contribution in [2.75, 3.05) is 31.1 Å². The van der Waals surface area contributed by atoms with Crippen LogP contribution in [-0.4, -0.2) is 48.6 Å². The van der Waals surface area contributed by atoms with E-state index >= 15 is 0 Å². The summed E-state index contributed by atoms with van der Waals surface area (Å²) in [4.78, 5) is 17.6. The Kier molecular flexibility index (Phi) is 5.57. The SMILES string of the molecule is CC(C)N(C(=O)CN1CCNCC12CCCCC2)c1ccccc1. The first-order valence-electron chi connectivity index (χ1n) is 9.45. The second-order valence-corrected chi connectivity index (χ2v) is 7.58. The van der Waals surface area contributed by atoms with Crippen molar-refractivity contribution in [2.24, 2.45) is 0 Å². The molecule has 4 nitrogen and oxygen atoms in total. The highest BCUT2D eigenvalue weighted by atomic mass is 16.2. The number of carbonyl (C=O) groups is 1. The molecule has 24 heavy (non-hydrogen) atoms. The fourth-order valence-corrected chi connectivity index (χ4v) is 4.39. The molecule has 0 aromatic heterocycles. The average Bonchev–Trinajstić information content (AvgIpc) is 2.59. The Hall–Kier alpha value is -1.39. The summed E-state index contributed by atoms with van der Waals surface area (Å²) in [6, 6.07) is 10.2. The van der Waals surface area contributed by atoms with Gasteiger partial charge < -0.3 is 10.2 Å². The van der Waals surface area contributed by atoms with Crippen LogP contribution < -0.4 is 10.2 Å². The van der Waals surface area contributed by atoms with E-state index in [0.717, 1.165) is 25.3 Å². The molecular weight excluding hydrogens is 298 g/mol. The molecule has 0 radical (unpaired) electrons. The average molecular weight is 329 g/mol. The number of nitrogens with zero attached hydrogens (tertiary/aromatic N) is 2. The van der Waals surface area contributed by atoms with Crippen LogP contribution in [0.25, 0.3) is 0 Å². The van der Waals surface area contributed by atoms with E-state index in [4.69, 9.17) is 0 Å². The van der Waals surface area contributed by atoms with Crippen LogP contribution in [0.3, 0.4) is 0 Å². The minimum Gasteiger partial charge on any atom is -0.314 e. The van der Waals surface area contributed by atoms with Crippen molar-refractivity contribution in [1.82, 2.24) is 10.2 Å². The number of nitrogens with one attached hydrogen (secondary N) is 1. The van der Waals surface area contributed by atoms with Crippen molar-refractivity contribution in [1.29, 1.82) is 0 Å². The molecule has 1 saturated carbocycles. The summed E-state index contributed by atoms with van der Waals surface area (Å²) in [5.74, 6) is 0.225. The van der Waals surface area contributed by atoms with E-state index in [1.165, 1.54) is 32.1 Å². The van der Waals surface area contributed by atoms with E-state index in [1.807, 2.05) is 35.2 Å². The molecule has 1 saturated heterocycles. The minimum atomic E-state index is 0.171. The van der Waals surface area contributed by atoms with Gasteiger partial charge in [-0.2, -0.15) is 0 Å². The zero-order valence-electron chi connectivity index (χ0n) is 15.1. The minimum absolute atomic E-state index is 0.171. The van der Waals surface area contributed by atoms with Gasteiger partial charge in [-0.05, 0) is 38.8 Å². The van der Waals surface area contributed by atoms with E-state index < -0.39 is 0 Å². The topological polar surface area (TPSA) is 35.6 Å². The van der Waals surface area contributed by atoms with Gasteiger partial charge in [0.25, 0.3) is 0 Å². The maximum Gasteiger partial charge on any atom is 0.241 e. The monoisotopic (exact) mass is 329 g/mol. The Morgan fingerprint density at radius 1 is 1.21 bits per heavy atom. The Bertz CT molecular complexity index is 529. The van der Waals surface area contributed by atoms with Crippen molar-refractivity contribution in [2.45, 2.75) is 57.5 Å². The van der Waals surface area contributed by atoms with E-state index in [-0.39, 0.29) is 17.5 Å². The van der Waals surface area contributed by atoms with Crippen molar-refractivity contribution >= 4 is 11.6 Å². The van der Waals surface area contributed by atoms with Crippen LogP contribution in [0.1, 0.15) is 46.0 Å². The fourth-order valence-electron chi connectivity index (χ4n) is 4.39. The summed E-state index contributed by atoms with van der Waals surface area (Å²) in [7, 11) is 0. The number of benzene rings is 1. The van der Waals surface area contributed by atoms with Gasteiger partial charge in [0.2, 0.25) is 5.91 Å². The van der Waals surface area contributed by atoms with Gasteiger partial charge in [0.15, 0.2) is 0 Å². The molecule has 0 bridgehead atoms. The van der Waals surface area contributed by atoms with Crippen LogP contribution in [0.4, 0.5) is 5.69 Å². The Morgan fingerprint density at radius 2 is 1.92 bits per heavy atom. The molecule has 132 valence electrons. The summed E-state index contributed by atoms with van der Waals surface area (Å²) in [5.41, 5.74) is 1.20. The standard InChI is InChI=1S/C20H31N3O/c1-17(2)23(18-9-5-3-6-10-18)19(24)15-22-14-13-21-16-20(22)11-7-4-8-12-20/h3,5-6,9-10,17,21H,4,7-8,11-16H2,1-2H3. The van der Waals surface area contributed by atoms with Gasteiger partial charge in [0.05, 0.1) is 6.54 Å². The molecule has 3 rings (SSSR count). The summed E-state index contributed by atoms with van der Waals surface area (Å²) in [5, 5.41) is 3.57. The van der Waals surface area contributed by atoms with Gasteiger partial charge >= 0.3 is 0 Å². The maximum atomic E-state index is 13.1. The largest absolute Gasteiger partial charge is 0.314 e. The lowest BCUT2D eigenvalue weighted by atomic mass is 9.79. The van der Waals surface area contributed by atoms with E-state index in [2.05, 4.69) is 24.1 Å². The number of carbonyl (C=O) groups excluding carboxylic acids is 1. The molecule has 4 heteroatoms. The number of piperazine rings is 1. The van der Waals surface area contributed by atoms with Crippen molar-refractivity contribution in [3.05, 3.63) is 30.3 Å². The van der Waals surface area contributed by atoms with Gasteiger partial charge in [-0.25, -0.2) is 0 Å². The molecule has 1 heterocycles. The number of hydrogen-bond donors (Lipinski definition) is 1. The molecular formula is C20H31N3O. The molecule has 2 fully saturated rings. The number of para-hydroxylation sites is 1. The number of rotatable bonds is 4. The van der Waals surface area contributed by atoms with Gasteiger partial charge in [0.1, 0.15) is 0 Å². The van der Waals surface area contributed by atoms with E-state index in [1.54, 1.807) is 0 Å². The Balaban J connectivity index is 1.76. The van der Waals surface area contributed by atoms with Crippen molar-refractivity contribution < 1.29 is 4.79 Å². The highest BCUT2D eigenvalue weighted by molar-refractivity contribution is 5.95. The molecule has 1 spiro atoms. The van der Waals surface area contributed by atoms with Gasteiger partial charge in [0, 0.05) is 36.9 Å². The third kappa shape index (κ3) is 3.65. The Labute approximate surface area is 146 Å². The lowest BCUT2D eigenvalue weighted by Gasteiger charge is -2.50. The van der Waals surface area contributed by atoms with Gasteiger partial charge in [-0.15, -0.1) is 0 Å². The molecule has 1 N–H and O–H groups in total. The molecule has 2 aliphatic rings. The van der Waals surface area contributed by atoms with Crippen LogP contribution in [-0.2, 0) is 4.79 Å². The first-order chi connectivity index (χ1) is 11.6. The van der Waals surface area contributed by atoms with Gasteiger partial charge in [-0.3, -0.25) is 9.69 Å². The first kappa shape index (κ1) is 17.4. The summed E-state index contributed by atoms with van der Waals surface area (Å²) >= 11 is 0. The molecule has 1 amide bonds. The van der Waals surface area contributed by atoms with Crippen LogP contribution in [0.15, 0.2) is 30.3 Å². The molecule has 1 aromatic rings.